The molecule has 0 aliphatic carbocycles. The van der Waals surface area contributed by atoms with E-state index in [4.69, 9.17) is 14.6 Å². The Bertz CT molecular complexity index is 932. The number of carbonyl (C=O) groups excluding carboxylic acids is 1. The number of piperidine rings is 1. The molecule has 1 spiro atoms. The van der Waals surface area contributed by atoms with Crippen LogP contribution >= 0.6 is 11.3 Å². The van der Waals surface area contributed by atoms with Gasteiger partial charge < -0.3 is 14.4 Å². The number of likely N-dealkylation sites (tertiary alicyclic amines) is 1. The highest BCUT2D eigenvalue weighted by molar-refractivity contribution is 7.12. The number of amides is 1. The molecule has 1 saturated heterocycles. The summed E-state index contributed by atoms with van der Waals surface area (Å²) in [5.41, 5.74) is 1.68. The summed E-state index contributed by atoms with van der Waals surface area (Å²) in [6.07, 6.45) is 2.30. The molecule has 7 heteroatoms. The molecule has 4 heterocycles. The smallest absolute Gasteiger partial charge is 0.219 e. The summed E-state index contributed by atoms with van der Waals surface area (Å²) in [7, 11) is 1.68. The number of para-hydroxylation sites is 1. The molecule has 6 nitrogen and oxygen atoms in total. The Morgan fingerprint density at radius 2 is 2.11 bits per heavy atom. The molecular weight excluding hydrogens is 374 g/mol. The number of rotatable bonds is 2. The van der Waals surface area contributed by atoms with Gasteiger partial charge in [0, 0.05) is 44.8 Å². The topological polar surface area (TPSA) is 54.4 Å². The van der Waals surface area contributed by atoms with Crippen molar-refractivity contribution in [2.75, 3.05) is 20.2 Å². The Balaban J connectivity index is 1.58. The largest absolute Gasteiger partial charge is 0.493 e. The normalized spacial score (nSPS) is 22.4. The lowest BCUT2D eigenvalue weighted by Gasteiger charge is -2.51. The molecule has 0 bridgehead atoms. The number of nitrogens with zero attached hydrogens (tertiary/aromatic N) is 3. The first-order valence-corrected chi connectivity index (χ1v) is 10.5. The van der Waals surface area contributed by atoms with Crippen molar-refractivity contribution in [3.05, 3.63) is 46.2 Å². The molecule has 0 saturated carbocycles. The second-order valence-electron chi connectivity index (χ2n) is 7.52. The third-order valence-corrected chi connectivity index (χ3v) is 6.92. The van der Waals surface area contributed by atoms with Gasteiger partial charge in [-0.2, -0.15) is 5.10 Å². The predicted octanol–water partition coefficient (Wildman–Crippen LogP) is 3.64. The number of hydrogen-bond acceptors (Lipinski definition) is 6. The van der Waals surface area contributed by atoms with E-state index in [9.17, 15) is 4.79 Å². The number of hydrazone groups is 1. The Kier molecular flexibility index (Phi) is 4.08. The molecule has 0 radical (unpaired) electrons. The van der Waals surface area contributed by atoms with Crippen LogP contribution in [0.5, 0.6) is 11.5 Å². The number of benzene rings is 1. The molecule has 146 valence electrons. The minimum absolute atomic E-state index is 0.115. The van der Waals surface area contributed by atoms with Crippen LogP contribution < -0.4 is 9.47 Å². The third-order valence-electron chi connectivity index (χ3n) is 6.00. The molecule has 1 fully saturated rings. The van der Waals surface area contributed by atoms with Crippen molar-refractivity contribution in [1.29, 1.82) is 0 Å². The summed E-state index contributed by atoms with van der Waals surface area (Å²) in [4.78, 5) is 14.9. The lowest BCUT2D eigenvalue weighted by Crippen LogP contribution is -2.59. The van der Waals surface area contributed by atoms with Gasteiger partial charge in [-0.25, -0.2) is 5.01 Å². The summed E-state index contributed by atoms with van der Waals surface area (Å²) in [6.45, 7) is 2.98. The van der Waals surface area contributed by atoms with Crippen molar-refractivity contribution in [2.45, 2.75) is 38.0 Å². The first-order valence-electron chi connectivity index (χ1n) is 9.63. The maximum absolute atomic E-state index is 11.8. The first kappa shape index (κ1) is 17.6. The summed E-state index contributed by atoms with van der Waals surface area (Å²) >= 11 is 1.72. The average Bonchev–Trinajstić information content (AvgIpc) is 3.38. The van der Waals surface area contributed by atoms with Crippen molar-refractivity contribution in [3.8, 4) is 11.5 Å². The highest BCUT2D eigenvalue weighted by atomic mass is 32.1. The van der Waals surface area contributed by atoms with Crippen molar-refractivity contribution in [1.82, 2.24) is 9.91 Å². The van der Waals surface area contributed by atoms with E-state index in [0.29, 0.717) is 13.1 Å². The van der Waals surface area contributed by atoms with E-state index in [1.165, 1.54) is 4.88 Å². The van der Waals surface area contributed by atoms with Crippen molar-refractivity contribution in [2.24, 2.45) is 5.10 Å². The third kappa shape index (κ3) is 2.60. The van der Waals surface area contributed by atoms with Crippen LogP contribution in [0.25, 0.3) is 0 Å². The SMILES string of the molecule is COc1cccc2c1OC1(CCN(C(C)=O)CC1)N1N=C(c3cccs3)CC21. The molecule has 1 atom stereocenters. The van der Waals surface area contributed by atoms with Crippen molar-refractivity contribution in [3.63, 3.8) is 0 Å². The lowest BCUT2D eigenvalue weighted by molar-refractivity contribution is -0.159. The van der Waals surface area contributed by atoms with Gasteiger partial charge in [-0.3, -0.25) is 4.79 Å². The Hall–Kier alpha value is -2.54. The number of thiophene rings is 1. The molecule has 1 unspecified atom stereocenters. The molecule has 1 amide bonds. The second kappa shape index (κ2) is 6.51. The van der Waals surface area contributed by atoms with Crippen LogP contribution in [0.4, 0.5) is 0 Å². The predicted molar refractivity (Wildman–Crippen MR) is 108 cm³/mol. The minimum atomic E-state index is -0.544. The maximum atomic E-state index is 11.8. The second-order valence-corrected chi connectivity index (χ2v) is 8.47. The maximum Gasteiger partial charge on any atom is 0.219 e. The van der Waals surface area contributed by atoms with E-state index < -0.39 is 5.72 Å². The van der Waals surface area contributed by atoms with Crippen LogP contribution in [-0.4, -0.2) is 47.5 Å². The van der Waals surface area contributed by atoms with Gasteiger partial charge in [0.05, 0.1) is 23.7 Å². The summed E-state index contributed by atoms with van der Waals surface area (Å²) in [5, 5.41) is 9.30. The van der Waals surface area contributed by atoms with Gasteiger partial charge in [0.2, 0.25) is 11.6 Å². The summed E-state index contributed by atoms with van der Waals surface area (Å²) in [5.74, 6) is 1.70. The fourth-order valence-electron chi connectivity index (χ4n) is 4.52. The van der Waals surface area contributed by atoms with Crippen LogP contribution in [-0.2, 0) is 4.79 Å². The van der Waals surface area contributed by atoms with Crippen molar-refractivity contribution < 1.29 is 14.3 Å². The van der Waals surface area contributed by atoms with E-state index in [0.717, 1.165) is 42.0 Å². The fourth-order valence-corrected chi connectivity index (χ4v) is 5.24. The number of hydrogen-bond donors (Lipinski definition) is 0. The van der Waals surface area contributed by atoms with Gasteiger partial charge in [-0.05, 0) is 17.5 Å². The van der Waals surface area contributed by atoms with Crippen LogP contribution in [0, 0.1) is 0 Å². The Morgan fingerprint density at radius 3 is 2.79 bits per heavy atom. The van der Waals surface area contributed by atoms with Gasteiger partial charge in [0.1, 0.15) is 0 Å². The molecule has 1 aromatic heterocycles. The highest BCUT2D eigenvalue weighted by Crippen LogP contribution is 2.52. The van der Waals surface area contributed by atoms with E-state index in [1.54, 1.807) is 25.4 Å². The van der Waals surface area contributed by atoms with Gasteiger partial charge in [-0.1, -0.05) is 18.2 Å². The number of fused-ring (bicyclic) bond motifs is 4. The van der Waals surface area contributed by atoms with E-state index in [2.05, 4.69) is 28.6 Å². The van der Waals surface area contributed by atoms with Gasteiger partial charge in [-0.15, -0.1) is 11.3 Å². The van der Waals surface area contributed by atoms with E-state index in [-0.39, 0.29) is 11.9 Å². The molecular formula is C21H23N3O3S. The van der Waals surface area contributed by atoms with Gasteiger partial charge in [0.15, 0.2) is 11.5 Å². The average molecular weight is 398 g/mol. The van der Waals surface area contributed by atoms with Gasteiger partial charge in [0.25, 0.3) is 0 Å². The minimum Gasteiger partial charge on any atom is -0.493 e. The fraction of sp³-hybridized carbons (Fsp3) is 0.429. The van der Waals surface area contributed by atoms with Crippen LogP contribution in [0.2, 0.25) is 0 Å². The summed E-state index contributed by atoms with van der Waals surface area (Å²) < 4.78 is 12.3. The quantitative estimate of drug-likeness (QED) is 0.776. The zero-order valence-electron chi connectivity index (χ0n) is 16.1. The zero-order chi connectivity index (χ0) is 19.3. The first-order chi connectivity index (χ1) is 13.6. The van der Waals surface area contributed by atoms with Crippen LogP contribution in [0.15, 0.2) is 40.8 Å². The van der Waals surface area contributed by atoms with Gasteiger partial charge >= 0.3 is 0 Å². The lowest BCUT2D eigenvalue weighted by atomic mass is 9.91. The molecule has 3 aliphatic heterocycles. The number of carbonyl (C=O) groups is 1. The van der Waals surface area contributed by atoms with Crippen LogP contribution in [0.1, 0.15) is 42.7 Å². The molecule has 28 heavy (non-hydrogen) atoms. The highest BCUT2D eigenvalue weighted by Gasteiger charge is 2.52. The molecule has 3 aliphatic rings. The van der Waals surface area contributed by atoms with Crippen molar-refractivity contribution >= 4 is 23.0 Å². The Labute approximate surface area is 168 Å². The van der Waals surface area contributed by atoms with E-state index >= 15 is 0 Å². The van der Waals surface area contributed by atoms with Crippen LogP contribution in [0.3, 0.4) is 0 Å². The molecule has 2 aromatic rings. The zero-order valence-corrected chi connectivity index (χ0v) is 16.9. The summed E-state index contributed by atoms with van der Waals surface area (Å²) in [6, 6.07) is 10.4. The molecule has 0 N–H and O–H groups in total. The number of methoxy groups -OCH3 is 1. The standard InChI is InChI=1S/C21H23N3O3S/c1-14(25)23-10-8-21(9-11-23)24-17(13-16(22-24)19-7-4-12-28-19)15-5-3-6-18(26-2)20(15)27-21/h3-7,12,17H,8-11,13H2,1-2H3. The molecule has 1 aromatic carbocycles. The Morgan fingerprint density at radius 1 is 1.29 bits per heavy atom. The van der Waals surface area contributed by atoms with E-state index in [1.807, 2.05) is 17.0 Å². The monoisotopic (exact) mass is 397 g/mol. The molecule has 5 rings (SSSR count). The number of ether oxygens (including phenoxy) is 2.